The Morgan fingerprint density at radius 3 is 2.54 bits per heavy atom. The number of hydrogen-bond acceptors (Lipinski definition) is 4. The molecule has 2 bridgehead atoms. The van der Waals surface area contributed by atoms with Crippen molar-refractivity contribution in [1.29, 1.82) is 0 Å². The summed E-state index contributed by atoms with van der Waals surface area (Å²) in [4.78, 5) is 31.5. The van der Waals surface area contributed by atoms with E-state index in [1.807, 2.05) is 0 Å². The van der Waals surface area contributed by atoms with Crippen molar-refractivity contribution >= 4 is 22.8 Å². The number of carboxylic acids is 1. The summed E-state index contributed by atoms with van der Waals surface area (Å²) in [6.45, 7) is 2.27. The van der Waals surface area contributed by atoms with Gasteiger partial charge in [0.25, 0.3) is 0 Å². The number of rotatable bonds is 4. The van der Waals surface area contributed by atoms with E-state index in [9.17, 15) is 14.7 Å². The van der Waals surface area contributed by atoms with Crippen LogP contribution in [0.25, 0.3) is 10.9 Å². The molecule has 2 aromatic rings. The molecule has 214 valence electrons. The van der Waals surface area contributed by atoms with Gasteiger partial charge >= 0.3 is 5.97 Å². The van der Waals surface area contributed by atoms with Gasteiger partial charge in [0.1, 0.15) is 5.75 Å². The molecule has 1 aromatic carbocycles. The number of hydrogen-bond donors (Lipinski definition) is 1. The number of piperidine rings is 2. The maximum Gasteiger partial charge on any atom is 0.336 e. The Bertz CT molecular complexity index is 1570. The standard InChI is InChI=1S/C34H39N3O4/c1-35-16-21-12-11-20(35)17-36(21)33(38)24-10-6-9-23-29(24)27-15-25-28(41-2)14-13-22(19-7-4-3-5-8-19)32(25)37(27)18-26-30(23)31(26)34(39)40/h6,9,13-15,19-21,24,29H,3-5,7-8,10-12,16-18H2,1-2H3,(H,39,40)/t20?,21?,24-,29-/m1/s1. The summed E-state index contributed by atoms with van der Waals surface area (Å²) < 4.78 is 8.27. The van der Waals surface area contributed by atoms with Crippen LogP contribution >= 0.6 is 0 Å². The number of nitrogens with zero attached hydrogens (tertiary/aromatic N) is 3. The zero-order valence-electron chi connectivity index (χ0n) is 24.1. The Labute approximate surface area is 241 Å². The molecule has 7 aliphatic rings. The minimum atomic E-state index is -0.857. The monoisotopic (exact) mass is 553 g/mol. The molecule has 1 amide bonds. The van der Waals surface area contributed by atoms with Gasteiger partial charge < -0.3 is 19.3 Å². The zero-order chi connectivity index (χ0) is 28.0. The highest BCUT2D eigenvalue weighted by Gasteiger charge is 2.49. The molecule has 7 heteroatoms. The smallest absolute Gasteiger partial charge is 0.336 e. The van der Waals surface area contributed by atoms with Crippen molar-refractivity contribution in [3.05, 3.63) is 63.9 Å². The van der Waals surface area contributed by atoms with E-state index in [0.29, 0.717) is 30.5 Å². The first-order valence-corrected chi connectivity index (χ1v) is 15.5. The molecule has 1 saturated carbocycles. The van der Waals surface area contributed by atoms with Gasteiger partial charge in [-0.15, -0.1) is 0 Å². The van der Waals surface area contributed by atoms with Crippen LogP contribution in [0.5, 0.6) is 5.75 Å². The van der Waals surface area contributed by atoms with Crippen LogP contribution < -0.4 is 4.74 Å². The molecule has 7 nitrogen and oxygen atoms in total. The Morgan fingerprint density at radius 2 is 1.83 bits per heavy atom. The maximum atomic E-state index is 14.5. The van der Waals surface area contributed by atoms with Crippen LogP contribution in [0.2, 0.25) is 0 Å². The predicted octanol–water partition coefficient (Wildman–Crippen LogP) is 5.37. The highest BCUT2D eigenvalue weighted by Crippen LogP contribution is 2.55. The molecule has 3 saturated heterocycles. The fourth-order valence-corrected chi connectivity index (χ4v) is 9.02. The molecular weight excluding hydrogens is 514 g/mol. The number of benzene rings is 1. The first-order valence-electron chi connectivity index (χ1n) is 15.5. The quantitative estimate of drug-likeness (QED) is 0.551. The Morgan fingerprint density at radius 1 is 1.02 bits per heavy atom. The van der Waals surface area contributed by atoms with Gasteiger partial charge in [-0.1, -0.05) is 37.5 Å². The average Bonchev–Trinajstić information content (AvgIpc) is 3.63. The van der Waals surface area contributed by atoms with Gasteiger partial charge in [-0.05, 0) is 79.5 Å². The lowest BCUT2D eigenvalue weighted by Gasteiger charge is -2.51. The van der Waals surface area contributed by atoms with E-state index in [2.05, 4.69) is 51.8 Å². The van der Waals surface area contributed by atoms with Crippen LogP contribution in [0.3, 0.4) is 0 Å². The van der Waals surface area contributed by atoms with Crippen molar-refractivity contribution < 1.29 is 19.4 Å². The van der Waals surface area contributed by atoms with E-state index in [1.54, 1.807) is 7.11 Å². The summed E-state index contributed by atoms with van der Waals surface area (Å²) in [7, 11) is 3.91. The molecule has 3 aliphatic carbocycles. The number of amides is 1. The molecule has 9 rings (SSSR count). The SMILES string of the molecule is COc1ccc(C2CCCCC2)c2c1cc1n2CC2=C(C(=O)O)C2=C2C=CC[C@@H](C(=O)N3CC4CCC3CN4C)[C@@H]21. The van der Waals surface area contributed by atoms with Gasteiger partial charge in [0.2, 0.25) is 5.91 Å². The fraction of sp³-hybridized carbons (Fsp3) is 0.529. The molecule has 1 aromatic heterocycles. The lowest BCUT2D eigenvalue weighted by atomic mass is 9.75. The number of piperazine rings is 1. The zero-order valence-corrected chi connectivity index (χ0v) is 24.1. The Hall–Kier alpha value is -3.32. The van der Waals surface area contributed by atoms with Gasteiger partial charge in [0.15, 0.2) is 0 Å². The van der Waals surface area contributed by atoms with E-state index in [4.69, 9.17) is 4.74 Å². The van der Waals surface area contributed by atoms with Crippen LogP contribution in [-0.2, 0) is 16.1 Å². The van der Waals surface area contributed by atoms with Crippen molar-refractivity contribution in [1.82, 2.24) is 14.4 Å². The van der Waals surface area contributed by atoms with Crippen molar-refractivity contribution in [2.45, 2.75) is 81.8 Å². The van der Waals surface area contributed by atoms with E-state index in [0.717, 1.165) is 59.5 Å². The van der Waals surface area contributed by atoms with Crippen LogP contribution in [-0.4, -0.2) is 70.7 Å². The third kappa shape index (κ3) is 3.73. The number of carbonyl (C=O) groups excluding carboxylic acids is 1. The van der Waals surface area contributed by atoms with Gasteiger partial charge in [-0.25, -0.2) is 4.79 Å². The number of likely N-dealkylation sites (N-methyl/N-ethyl adjacent to an activating group) is 1. The molecule has 5 heterocycles. The van der Waals surface area contributed by atoms with E-state index in [1.165, 1.54) is 43.2 Å². The van der Waals surface area contributed by atoms with E-state index < -0.39 is 5.97 Å². The molecular formula is C34H39N3O4. The van der Waals surface area contributed by atoms with Gasteiger partial charge in [-0.2, -0.15) is 0 Å². The second-order valence-corrected chi connectivity index (χ2v) is 13.1. The Balaban J connectivity index is 1.30. The molecule has 41 heavy (non-hydrogen) atoms. The lowest BCUT2D eigenvalue weighted by molar-refractivity contribution is -0.146. The third-order valence-electron chi connectivity index (χ3n) is 11.1. The minimum Gasteiger partial charge on any atom is -0.496 e. The summed E-state index contributed by atoms with van der Waals surface area (Å²) in [5, 5.41) is 11.3. The van der Waals surface area contributed by atoms with Crippen LogP contribution in [0, 0.1) is 5.92 Å². The summed E-state index contributed by atoms with van der Waals surface area (Å²) in [5.41, 5.74) is 6.93. The van der Waals surface area contributed by atoms with Crippen LogP contribution in [0.1, 0.15) is 74.5 Å². The fourth-order valence-electron chi connectivity index (χ4n) is 9.02. The highest BCUT2D eigenvalue weighted by molar-refractivity contribution is 6.05. The molecule has 0 spiro atoms. The highest BCUT2D eigenvalue weighted by atomic mass is 16.5. The van der Waals surface area contributed by atoms with Crippen molar-refractivity contribution in [3.63, 3.8) is 0 Å². The Kier molecular flexibility index (Phi) is 5.79. The van der Waals surface area contributed by atoms with Gasteiger partial charge in [0, 0.05) is 48.7 Å². The van der Waals surface area contributed by atoms with Gasteiger partial charge in [-0.3, -0.25) is 9.69 Å². The lowest BCUT2D eigenvalue weighted by Crippen LogP contribution is -2.63. The summed E-state index contributed by atoms with van der Waals surface area (Å²) in [5.74, 6) is 0.297. The molecule has 4 fully saturated rings. The number of fused-ring (bicyclic) bond motifs is 9. The number of allylic oxidation sites excluding steroid dienone is 4. The number of methoxy groups -OCH3 is 1. The topological polar surface area (TPSA) is 75.0 Å². The van der Waals surface area contributed by atoms with Gasteiger partial charge in [0.05, 0.1) is 24.1 Å². The summed E-state index contributed by atoms with van der Waals surface area (Å²) in [6.07, 6.45) is 13.3. The van der Waals surface area contributed by atoms with E-state index >= 15 is 0 Å². The molecule has 4 atom stereocenters. The normalized spacial score (nSPS) is 29.4. The van der Waals surface area contributed by atoms with Crippen molar-refractivity contribution in [2.75, 3.05) is 27.2 Å². The van der Waals surface area contributed by atoms with Crippen LogP contribution in [0.15, 0.2) is 52.6 Å². The number of aliphatic carboxylic acids is 1. The predicted molar refractivity (Wildman–Crippen MR) is 157 cm³/mol. The first kappa shape index (κ1) is 25.4. The molecule has 2 unspecified atom stereocenters. The second-order valence-electron chi connectivity index (χ2n) is 13.1. The molecule has 1 N–H and O–H groups in total. The van der Waals surface area contributed by atoms with Crippen molar-refractivity contribution in [2.24, 2.45) is 5.92 Å². The number of carboxylic acid groups (broad SMARTS) is 1. The van der Waals surface area contributed by atoms with E-state index in [-0.39, 0.29) is 23.8 Å². The number of carbonyl (C=O) groups is 2. The first-order chi connectivity index (χ1) is 20.0. The second kappa shape index (κ2) is 9.35. The average molecular weight is 554 g/mol. The number of aromatic nitrogens is 1. The van der Waals surface area contributed by atoms with Crippen molar-refractivity contribution in [3.8, 4) is 5.75 Å². The van der Waals surface area contributed by atoms with Crippen LogP contribution in [0.4, 0.5) is 0 Å². The molecule has 4 aliphatic heterocycles. The maximum absolute atomic E-state index is 14.5. The third-order valence-corrected chi connectivity index (χ3v) is 11.1. The molecule has 0 radical (unpaired) electrons. The summed E-state index contributed by atoms with van der Waals surface area (Å²) in [6, 6.07) is 7.32. The largest absolute Gasteiger partial charge is 0.496 e. The minimum absolute atomic E-state index is 0.175. The summed E-state index contributed by atoms with van der Waals surface area (Å²) >= 11 is 0. The number of ether oxygens (including phenoxy) is 1.